The Morgan fingerprint density at radius 2 is 1.95 bits per heavy atom. The van der Waals surface area contributed by atoms with Crippen molar-refractivity contribution in [1.82, 2.24) is 15.2 Å². The zero-order valence-corrected chi connectivity index (χ0v) is 11.7. The lowest BCUT2D eigenvalue weighted by Gasteiger charge is -2.29. The number of nitrogens with one attached hydrogen (secondary N) is 1. The second-order valence-corrected chi connectivity index (χ2v) is 5.04. The number of pyridine rings is 1. The Balaban J connectivity index is 2.01. The summed E-state index contributed by atoms with van der Waals surface area (Å²) in [7, 11) is 0. The minimum atomic E-state index is -1.34. The number of nitrogens with zero attached hydrogens (tertiary/aromatic N) is 2. The summed E-state index contributed by atoms with van der Waals surface area (Å²) in [5.74, 6) is -3.69. The first kappa shape index (κ1) is 15.3. The van der Waals surface area contributed by atoms with Crippen molar-refractivity contribution in [3.63, 3.8) is 0 Å². The minimum Gasteiger partial charge on any atom is -0.341 e. The highest BCUT2D eigenvalue weighted by atomic mass is 19.2. The van der Waals surface area contributed by atoms with Crippen LogP contribution in [0.25, 0.3) is 0 Å². The van der Waals surface area contributed by atoms with E-state index < -0.39 is 29.3 Å². The van der Waals surface area contributed by atoms with E-state index in [0.29, 0.717) is 13.1 Å². The summed E-state index contributed by atoms with van der Waals surface area (Å²) in [6.07, 6.45) is 3.98. The van der Waals surface area contributed by atoms with Crippen LogP contribution in [0, 0.1) is 11.8 Å². The van der Waals surface area contributed by atoms with Gasteiger partial charge in [-0.2, -0.15) is 4.39 Å². The predicted octanol–water partition coefficient (Wildman–Crippen LogP) is 1.49. The molecule has 1 N–H and O–H groups in total. The third kappa shape index (κ3) is 3.53. The van der Waals surface area contributed by atoms with Gasteiger partial charge in [-0.25, -0.2) is 9.37 Å². The van der Waals surface area contributed by atoms with Crippen LogP contribution in [0.5, 0.6) is 0 Å². The monoisotopic (exact) mass is 297 g/mol. The number of rotatable bonds is 3. The van der Waals surface area contributed by atoms with Gasteiger partial charge in [0, 0.05) is 19.3 Å². The number of hydrogen-bond donors (Lipinski definition) is 1. The van der Waals surface area contributed by atoms with E-state index in [1.165, 1.54) is 6.92 Å². The maximum atomic E-state index is 13.5. The molecule has 0 aromatic carbocycles. The number of piperidine rings is 1. The molecule has 0 saturated carbocycles. The zero-order valence-electron chi connectivity index (χ0n) is 11.7. The van der Waals surface area contributed by atoms with Gasteiger partial charge in [-0.15, -0.1) is 0 Å². The molecule has 21 heavy (non-hydrogen) atoms. The lowest BCUT2D eigenvalue weighted by molar-refractivity contribution is -0.133. The second-order valence-electron chi connectivity index (χ2n) is 5.04. The van der Waals surface area contributed by atoms with E-state index in [0.717, 1.165) is 31.5 Å². The van der Waals surface area contributed by atoms with Gasteiger partial charge in [-0.05, 0) is 32.3 Å². The fraction of sp³-hybridized carbons (Fsp3) is 0.500. The molecule has 1 saturated heterocycles. The molecule has 7 heteroatoms. The van der Waals surface area contributed by atoms with Crippen LogP contribution in [0.4, 0.5) is 8.78 Å². The van der Waals surface area contributed by atoms with Crippen LogP contribution in [0.1, 0.15) is 36.5 Å². The summed E-state index contributed by atoms with van der Waals surface area (Å²) in [5.41, 5.74) is -0.458. The van der Waals surface area contributed by atoms with Crippen molar-refractivity contribution in [2.24, 2.45) is 0 Å². The van der Waals surface area contributed by atoms with Gasteiger partial charge in [-0.1, -0.05) is 0 Å². The molecule has 0 aliphatic carbocycles. The Bertz CT molecular complexity index is 545. The van der Waals surface area contributed by atoms with E-state index in [1.807, 2.05) is 0 Å². The van der Waals surface area contributed by atoms with Crippen molar-refractivity contribution >= 4 is 11.8 Å². The van der Waals surface area contributed by atoms with Crippen molar-refractivity contribution in [2.75, 3.05) is 13.1 Å². The van der Waals surface area contributed by atoms with Gasteiger partial charge >= 0.3 is 0 Å². The van der Waals surface area contributed by atoms with E-state index in [9.17, 15) is 18.4 Å². The molecule has 0 spiro atoms. The van der Waals surface area contributed by atoms with Gasteiger partial charge in [0.05, 0.1) is 5.56 Å². The summed E-state index contributed by atoms with van der Waals surface area (Å²) in [6.45, 7) is 2.86. The van der Waals surface area contributed by atoms with Crippen molar-refractivity contribution < 1.29 is 18.4 Å². The molecular weight excluding hydrogens is 280 g/mol. The highest BCUT2D eigenvalue weighted by molar-refractivity contribution is 5.97. The predicted molar refractivity (Wildman–Crippen MR) is 71.5 cm³/mol. The van der Waals surface area contributed by atoms with Crippen LogP contribution in [0.3, 0.4) is 0 Å². The van der Waals surface area contributed by atoms with Crippen LogP contribution in [-0.4, -0.2) is 40.8 Å². The lowest BCUT2D eigenvalue weighted by Crippen LogP contribution is -2.48. The highest BCUT2D eigenvalue weighted by Gasteiger charge is 2.25. The summed E-state index contributed by atoms with van der Waals surface area (Å²) in [5, 5.41) is 2.40. The molecule has 2 amide bonds. The zero-order chi connectivity index (χ0) is 15.4. The molecule has 2 heterocycles. The maximum Gasteiger partial charge on any atom is 0.255 e. The standard InChI is InChI=1S/C14H17F2N3O2/c1-9(14(21)19-7-3-2-4-8-19)18-13(20)10-5-6-17-12(16)11(10)15/h5-6,9H,2-4,7-8H2,1H3,(H,18,20). The molecule has 114 valence electrons. The first-order chi connectivity index (χ1) is 10.0. The van der Waals surface area contributed by atoms with E-state index in [4.69, 9.17) is 0 Å². The third-order valence-electron chi connectivity index (χ3n) is 3.48. The average Bonchev–Trinajstić information content (AvgIpc) is 2.50. The highest BCUT2D eigenvalue weighted by Crippen LogP contribution is 2.12. The van der Waals surface area contributed by atoms with Crippen molar-refractivity contribution in [1.29, 1.82) is 0 Å². The number of carbonyl (C=O) groups excluding carboxylic acids is 2. The molecule has 2 rings (SSSR count). The smallest absolute Gasteiger partial charge is 0.255 e. The van der Waals surface area contributed by atoms with E-state index in [2.05, 4.69) is 10.3 Å². The summed E-state index contributed by atoms with van der Waals surface area (Å²) >= 11 is 0. The Morgan fingerprint density at radius 3 is 2.62 bits per heavy atom. The third-order valence-corrected chi connectivity index (χ3v) is 3.48. The van der Waals surface area contributed by atoms with Gasteiger partial charge in [0.15, 0.2) is 5.82 Å². The fourth-order valence-electron chi connectivity index (χ4n) is 2.32. The molecule has 0 radical (unpaired) electrons. The molecule has 1 aromatic rings. The summed E-state index contributed by atoms with van der Waals surface area (Å²) < 4.78 is 26.4. The lowest BCUT2D eigenvalue weighted by atomic mass is 10.1. The minimum absolute atomic E-state index is 0.210. The Labute approximate surface area is 121 Å². The molecule has 1 aliphatic heterocycles. The molecule has 1 unspecified atom stereocenters. The molecule has 1 aromatic heterocycles. The largest absolute Gasteiger partial charge is 0.341 e. The maximum absolute atomic E-state index is 13.5. The number of aromatic nitrogens is 1. The van der Waals surface area contributed by atoms with Gasteiger partial charge in [0.1, 0.15) is 6.04 Å². The second kappa shape index (κ2) is 6.60. The van der Waals surface area contributed by atoms with Gasteiger partial charge in [0.2, 0.25) is 11.9 Å². The number of carbonyl (C=O) groups is 2. The number of hydrogen-bond acceptors (Lipinski definition) is 3. The fourth-order valence-corrected chi connectivity index (χ4v) is 2.32. The first-order valence-electron chi connectivity index (χ1n) is 6.90. The molecule has 1 atom stereocenters. The van der Waals surface area contributed by atoms with E-state index >= 15 is 0 Å². The van der Waals surface area contributed by atoms with Crippen LogP contribution in [-0.2, 0) is 4.79 Å². The van der Waals surface area contributed by atoms with E-state index in [-0.39, 0.29) is 5.91 Å². The van der Waals surface area contributed by atoms with Gasteiger partial charge < -0.3 is 10.2 Å². The summed E-state index contributed by atoms with van der Waals surface area (Å²) in [6, 6.07) is 0.289. The van der Waals surface area contributed by atoms with Crippen LogP contribution in [0.15, 0.2) is 12.3 Å². The van der Waals surface area contributed by atoms with Crippen LogP contribution >= 0.6 is 0 Å². The van der Waals surface area contributed by atoms with Crippen molar-refractivity contribution in [3.8, 4) is 0 Å². The number of amides is 2. The number of halogens is 2. The molecule has 0 bridgehead atoms. The van der Waals surface area contributed by atoms with E-state index in [1.54, 1.807) is 4.90 Å². The van der Waals surface area contributed by atoms with Crippen LogP contribution < -0.4 is 5.32 Å². The van der Waals surface area contributed by atoms with Crippen molar-refractivity contribution in [3.05, 3.63) is 29.6 Å². The van der Waals surface area contributed by atoms with Crippen molar-refractivity contribution in [2.45, 2.75) is 32.2 Å². The Hall–Kier alpha value is -2.05. The van der Waals surface area contributed by atoms with Gasteiger partial charge in [0.25, 0.3) is 5.91 Å². The topological polar surface area (TPSA) is 62.3 Å². The molecular formula is C14H17F2N3O2. The SMILES string of the molecule is CC(NC(=O)c1ccnc(F)c1F)C(=O)N1CCCCC1. The molecule has 1 fully saturated rings. The quantitative estimate of drug-likeness (QED) is 0.860. The Morgan fingerprint density at radius 1 is 1.29 bits per heavy atom. The average molecular weight is 297 g/mol. The summed E-state index contributed by atoms with van der Waals surface area (Å²) in [4.78, 5) is 28.8. The Kier molecular flexibility index (Phi) is 4.82. The first-order valence-corrected chi connectivity index (χ1v) is 6.90. The number of likely N-dealkylation sites (tertiary alicyclic amines) is 1. The molecule has 5 nitrogen and oxygen atoms in total. The van der Waals surface area contributed by atoms with Crippen LogP contribution in [0.2, 0.25) is 0 Å². The molecule has 1 aliphatic rings. The normalized spacial score (nSPS) is 16.4. The van der Waals surface area contributed by atoms with Gasteiger partial charge in [-0.3, -0.25) is 9.59 Å².